The maximum atomic E-state index is 14.4. The first-order valence-corrected chi connectivity index (χ1v) is 7.71. The summed E-state index contributed by atoms with van der Waals surface area (Å²) >= 11 is 0. The summed E-state index contributed by atoms with van der Waals surface area (Å²) in [5.74, 6) is -7.37. The van der Waals surface area contributed by atoms with Crippen molar-refractivity contribution in [3.63, 3.8) is 0 Å². The molecule has 2 atom stereocenters. The minimum atomic E-state index is -1.63. The molecule has 1 heterocycles. The van der Waals surface area contributed by atoms with Gasteiger partial charge in [0.2, 0.25) is 0 Å². The van der Waals surface area contributed by atoms with E-state index < -0.39 is 41.2 Å². The van der Waals surface area contributed by atoms with Crippen molar-refractivity contribution < 1.29 is 27.5 Å². The summed E-state index contributed by atoms with van der Waals surface area (Å²) in [6.07, 6.45) is 2.75. The van der Waals surface area contributed by atoms with Crippen LogP contribution in [0.4, 0.5) is 18.9 Å². The lowest BCUT2D eigenvalue weighted by Gasteiger charge is -2.40. The molecular formula is C17H16F3NO3. The van der Waals surface area contributed by atoms with Crippen molar-refractivity contribution in [1.29, 1.82) is 0 Å². The quantitative estimate of drug-likeness (QED) is 0.366. The number of Topliss-reactive ketones (excluding diaryl/α,β-unsaturated/α-hetero) is 1. The lowest BCUT2D eigenvalue weighted by molar-refractivity contribution is -0.146. The van der Waals surface area contributed by atoms with E-state index in [0.717, 1.165) is 0 Å². The molecule has 2 aliphatic rings. The Morgan fingerprint density at radius 3 is 2.58 bits per heavy atom. The molecule has 3 rings (SSSR count). The van der Waals surface area contributed by atoms with Crippen molar-refractivity contribution in [2.75, 3.05) is 11.5 Å². The standard InChI is InChI=1S/C17H16F3NO3/c1-3-11-12(17(23)24-4-2)16(22)9-7-10(18)13(19)14(20)15(9)21(11)8-5-6-8/h3,7-8,11-12H,1,4-6H2,2H3. The fourth-order valence-corrected chi connectivity index (χ4v) is 3.16. The van der Waals surface area contributed by atoms with Gasteiger partial charge in [0, 0.05) is 11.6 Å². The fourth-order valence-electron chi connectivity index (χ4n) is 3.16. The minimum absolute atomic E-state index is 0.0644. The highest BCUT2D eigenvalue weighted by Gasteiger charge is 2.50. The van der Waals surface area contributed by atoms with Gasteiger partial charge in [-0.25, -0.2) is 13.2 Å². The zero-order valence-electron chi connectivity index (χ0n) is 13.0. The second-order valence-corrected chi connectivity index (χ2v) is 5.84. The largest absolute Gasteiger partial charge is 0.465 e. The fraction of sp³-hybridized carbons (Fsp3) is 0.412. The first-order valence-electron chi connectivity index (χ1n) is 7.71. The van der Waals surface area contributed by atoms with E-state index in [2.05, 4.69) is 6.58 Å². The lowest BCUT2D eigenvalue weighted by atomic mass is 9.83. The van der Waals surface area contributed by atoms with Gasteiger partial charge in [0.1, 0.15) is 5.92 Å². The van der Waals surface area contributed by atoms with Gasteiger partial charge < -0.3 is 9.64 Å². The third-order valence-corrected chi connectivity index (χ3v) is 4.33. The van der Waals surface area contributed by atoms with E-state index >= 15 is 0 Å². The Hall–Kier alpha value is -2.31. The number of hydrogen-bond donors (Lipinski definition) is 0. The van der Waals surface area contributed by atoms with Gasteiger partial charge in [0.15, 0.2) is 23.2 Å². The van der Waals surface area contributed by atoms with Gasteiger partial charge in [-0.2, -0.15) is 0 Å². The van der Waals surface area contributed by atoms with Crippen LogP contribution >= 0.6 is 0 Å². The van der Waals surface area contributed by atoms with E-state index in [-0.39, 0.29) is 23.9 Å². The zero-order valence-corrected chi connectivity index (χ0v) is 13.0. The predicted octanol–water partition coefficient (Wildman–Crippen LogP) is 3.00. The highest BCUT2D eigenvalue weighted by atomic mass is 19.2. The van der Waals surface area contributed by atoms with E-state index in [1.807, 2.05) is 0 Å². The minimum Gasteiger partial charge on any atom is -0.465 e. The predicted molar refractivity (Wildman–Crippen MR) is 80.3 cm³/mol. The molecule has 2 unspecified atom stereocenters. The summed E-state index contributed by atoms with van der Waals surface area (Å²) in [4.78, 5) is 26.4. The zero-order chi connectivity index (χ0) is 17.6. The van der Waals surface area contributed by atoms with Crippen molar-refractivity contribution in [3.05, 3.63) is 41.7 Å². The second-order valence-electron chi connectivity index (χ2n) is 5.84. The number of rotatable bonds is 4. The average Bonchev–Trinajstić information content (AvgIpc) is 3.37. The molecule has 1 aliphatic heterocycles. The normalized spacial score (nSPS) is 23.0. The molecule has 0 amide bonds. The van der Waals surface area contributed by atoms with E-state index in [4.69, 9.17) is 4.74 Å². The van der Waals surface area contributed by atoms with Crippen LogP contribution in [0.1, 0.15) is 30.1 Å². The molecule has 0 saturated heterocycles. The first kappa shape index (κ1) is 16.5. The van der Waals surface area contributed by atoms with Gasteiger partial charge in [-0.1, -0.05) is 6.08 Å². The van der Waals surface area contributed by atoms with Crippen LogP contribution in [0.3, 0.4) is 0 Å². The Kier molecular flexibility index (Phi) is 4.11. The van der Waals surface area contributed by atoms with Crippen molar-refractivity contribution in [2.45, 2.75) is 31.8 Å². The van der Waals surface area contributed by atoms with Crippen molar-refractivity contribution in [2.24, 2.45) is 5.92 Å². The highest BCUT2D eigenvalue weighted by molar-refractivity contribution is 6.14. The Labute approximate surface area is 136 Å². The molecule has 1 aromatic rings. The molecule has 0 spiro atoms. The molecule has 0 aromatic heterocycles. The maximum Gasteiger partial charge on any atom is 0.319 e. The van der Waals surface area contributed by atoms with Gasteiger partial charge in [0.25, 0.3) is 0 Å². The number of anilines is 1. The van der Waals surface area contributed by atoms with E-state index in [1.54, 1.807) is 6.92 Å². The molecule has 0 radical (unpaired) electrons. The molecule has 0 N–H and O–H groups in total. The summed E-state index contributed by atoms with van der Waals surface area (Å²) in [6, 6.07) is -0.371. The molecule has 0 bridgehead atoms. The first-order chi connectivity index (χ1) is 11.4. The van der Waals surface area contributed by atoms with Crippen LogP contribution in [0, 0.1) is 23.4 Å². The van der Waals surface area contributed by atoms with Crippen LogP contribution in [0.2, 0.25) is 0 Å². The highest BCUT2D eigenvalue weighted by Crippen LogP contribution is 2.44. The number of carbonyl (C=O) groups excluding carboxylic acids is 2. The monoisotopic (exact) mass is 339 g/mol. The van der Waals surface area contributed by atoms with Crippen LogP contribution in [-0.4, -0.2) is 30.4 Å². The number of halogens is 3. The summed E-state index contributed by atoms with van der Waals surface area (Å²) in [6.45, 7) is 5.28. The van der Waals surface area contributed by atoms with Crippen molar-refractivity contribution >= 4 is 17.4 Å². The molecule has 1 fully saturated rings. The smallest absolute Gasteiger partial charge is 0.319 e. The Balaban J connectivity index is 2.21. The lowest BCUT2D eigenvalue weighted by Crippen LogP contribution is -2.52. The summed E-state index contributed by atoms with van der Waals surface area (Å²) in [5.41, 5.74) is -0.638. The van der Waals surface area contributed by atoms with E-state index in [1.165, 1.54) is 11.0 Å². The topological polar surface area (TPSA) is 46.6 Å². The number of ether oxygens (including phenoxy) is 1. The summed E-state index contributed by atoms with van der Waals surface area (Å²) in [7, 11) is 0. The van der Waals surface area contributed by atoms with Crippen LogP contribution in [0.5, 0.6) is 0 Å². The van der Waals surface area contributed by atoms with Crippen LogP contribution in [0.25, 0.3) is 0 Å². The summed E-state index contributed by atoms with van der Waals surface area (Å²) in [5, 5.41) is 0. The second kappa shape index (κ2) is 5.96. The van der Waals surface area contributed by atoms with Gasteiger partial charge in [0.05, 0.1) is 18.3 Å². The number of benzene rings is 1. The molecule has 1 aromatic carbocycles. The number of ketones is 1. The number of hydrogen-bond acceptors (Lipinski definition) is 4. The van der Waals surface area contributed by atoms with Crippen LogP contribution in [-0.2, 0) is 9.53 Å². The van der Waals surface area contributed by atoms with Crippen molar-refractivity contribution in [3.8, 4) is 0 Å². The molecule has 1 aliphatic carbocycles. The molecule has 7 heteroatoms. The van der Waals surface area contributed by atoms with Gasteiger partial charge in [-0.05, 0) is 25.8 Å². The molecule has 1 saturated carbocycles. The molecule has 4 nitrogen and oxygen atoms in total. The van der Waals surface area contributed by atoms with Gasteiger partial charge >= 0.3 is 5.97 Å². The Morgan fingerprint density at radius 1 is 1.38 bits per heavy atom. The van der Waals surface area contributed by atoms with E-state index in [9.17, 15) is 22.8 Å². The average molecular weight is 339 g/mol. The molecule has 128 valence electrons. The number of esters is 1. The van der Waals surface area contributed by atoms with Crippen LogP contribution in [0.15, 0.2) is 18.7 Å². The number of nitrogens with zero attached hydrogens (tertiary/aromatic N) is 1. The molecular weight excluding hydrogens is 323 g/mol. The maximum absolute atomic E-state index is 14.4. The Morgan fingerprint density at radius 2 is 2.04 bits per heavy atom. The van der Waals surface area contributed by atoms with E-state index in [0.29, 0.717) is 18.9 Å². The van der Waals surface area contributed by atoms with Crippen molar-refractivity contribution in [1.82, 2.24) is 0 Å². The molecule has 24 heavy (non-hydrogen) atoms. The van der Waals surface area contributed by atoms with Gasteiger partial charge in [-0.15, -0.1) is 6.58 Å². The summed E-state index contributed by atoms with van der Waals surface area (Å²) < 4.78 is 46.6. The van der Waals surface area contributed by atoms with Gasteiger partial charge in [-0.3, -0.25) is 9.59 Å². The number of fused-ring (bicyclic) bond motifs is 1. The number of carbonyl (C=O) groups is 2. The third kappa shape index (κ3) is 2.39. The Bertz CT molecular complexity index is 730. The third-order valence-electron chi connectivity index (χ3n) is 4.33. The van der Waals surface area contributed by atoms with Crippen LogP contribution < -0.4 is 4.90 Å². The SMILES string of the molecule is C=CC1C(C(=O)OCC)C(=O)c2cc(F)c(F)c(F)c2N1C1CC1.